The van der Waals surface area contributed by atoms with E-state index in [9.17, 15) is 24.6 Å². The number of allylic oxidation sites excluding steroid dienone is 1. The van der Waals surface area contributed by atoms with E-state index in [2.05, 4.69) is 0 Å². The number of ether oxygens (including phenoxy) is 1. The first-order valence-corrected chi connectivity index (χ1v) is 8.88. The molecule has 1 saturated heterocycles. The van der Waals surface area contributed by atoms with E-state index in [-0.39, 0.29) is 24.0 Å². The Morgan fingerprint density at radius 2 is 1.84 bits per heavy atom. The molecule has 2 saturated carbocycles. The van der Waals surface area contributed by atoms with Gasteiger partial charge in [-0.2, -0.15) is 0 Å². The molecule has 9 atom stereocenters. The summed E-state index contributed by atoms with van der Waals surface area (Å²) in [5, 5.41) is 21.9. The summed E-state index contributed by atoms with van der Waals surface area (Å²) in [5.41, 5.74) is -1.41. The molecule has 3 aliphatic carbocycles. The van der Waals surface area contributed by atoms with Gasteiger partial charge in [0.25, 0.3) is 0 Å². The van der Waals surface area contributed by atoms with Crippen molar-refractivity contribution < 1.29 is 29.3 Å². The Hall–Kier alpha value is -1.53. The first kappa shape index (κ1) is 16.9. The third-order valence-electron chi connectivity index (χ3n) is 7.71. The molecule has 0 spiro atoms. The Labute approximate surface area is 146 Å². The number of aliphatic hydroxyl groups is 2. The minimum Gasteiger partial charge on any atom is -0.459 e. The molecule has 1 heterocycles. The molecule has 4 aliphatic rings. The van der Waals surface area contributed by atoms with Crippen molar-refractivity contribution in [3.63, 3.8) is 0 Å². The molecule has 0 amide bonds. The summed E-state index contributed by atoms with van der Waals surface area (Å²) in [6, 6.07) is 0. The summed E-state index contributed by atoms with van der Waals surface area (Å²) in [6.45, 7) is 7.09. The van der Waals surface area contributed by atoms with Gasteiger partial charge in [0.05, 0.1) is 12.0 Å². The van der Waals surface area contributed by atoms with Gasteiger partial charge in [0.1, 0.15) is 18.0 Å². The lowest BCUT2D eigenvalue weighted by atomic mass is 9.40. The quantitative estimate of drug-likeness (QED) is 0.623. The smallest absolute Gasteiger partial charge is 0.310 e. The van der Waals surface area contributed by atoms with Crippen molar-refractivity contribution in [3.05, 3.63) is 11.6 Å². The fourth-order valence-electron chi connectivity index (χ4n) is 6.55. The Bertz CT molecular complexity index is 725. The van der Waals surface area contributed by atoms with Gasteiger partial charge >= 0.3 is 5.97 Å². The van der Waals surface area contributed by atoms with Crippen LogP contribution in [0, 0.1) is 34.5 Å². The molecule has 6 nitrogen and oxygen atoms in total. The van der Waals surface area contributed by atoms with E-state index in [4.69, 9.17) is 4.74 Å². The van der Waals surface area contributed by atoms with Crippen molar-refractivity contribution in [2.75, 3.05) is 0 Å². The number of ketones is 2. The highest BCUT2D eigenvalue weighted by Gasteiger charge is 2.74. The van der Waals surface area contributed by atoms with Crippen molar-refractivity contribution in [1.82, 2.24) is 0 Å². The van der Waals surface area contributed by atoms with Crippen LogP contribution in [0.15, 0.2) is 11.6 Å². The van der Waals surface area contributed by atoms with Crippen LogP contribution in [0.1, 0.15) is 34.1 Å². The maximum absolute atomic E-state index is 13.2. The van der Waals surface area contributed by atoms with Gasteiger partial charge in [0, 0.05) is 29.1 Å². The van der Waals surface area contributed by atoms with Gasteiger partial charge in [0.15, 0.2) is 5.78 Å². The standard InChI is InChI=1S/C19H24O6/c1-7-5-10(20)16(23)18(3)9(7)6-11(21)19(4)12-8(2)14(25-17(12)24)13(22)15(18)19/h5,8-9,12-16,22-23H,6H2,1-4H3/t8-,9-,12-,13+,14-,15+,16-,18+,19+/m1/s1. The number of hydrogen-bond acceptors (Lipinski definition) is 6. The number of Topliss-reactive ketones (excluding diaryl/α,β-unsaturated/α-hetero) is 1. The summed E-state index contributed by atoms with van der Waals surface area (Å²) >= 11 is 0. The second-order valence-electron chi connectivity index (χ2n) is 8.73. The number of carbonyl (C=O) groups excluding carboxylic acids is 3. The zero-order chi connectivity index (χ0) is 18.5. The molecule has 6 heteroatoms. The molecule has 0 unspecified atom stereocenters. The van der Waals surface area contributed by atoms with Crippen LogP contribution in [0.5, 0.6) is 0 Å². The Balaban J connectivity index is 1.96. The predicted molar refractivity (Wildman–Crippen MR) is 86.1 cm³/mol. The van der Waals surface area contributed by atoms with Crippen molar-refractivity contribution in [1.29, 1.82) is 0 Å². The van der Waals surface area contributed by atoms with Crippen molar-refractivity contribution in [2.24, 2.45) is 34.5 Å². The number of carbonyl (C=O) groups is 3. The molecule has 2 N–H and O–H groups in total. The summed E-state index contributed by atoms with van der Waals surface area (Å²) in [4.78, 5) is 38.0. The van der Waals surface area contributed by atoms with Gasteiger partial charge < -0.3 is 14.9 Å². The molecule has 0 aromatic heterocycles. The van der Waals surface area contributed by atoms with E-state index in [1.165, 1.54) is 6.08 Å². The lowest BCUT2D eigenvalue weighted by Crippen LogP contribution is -2.70. The van der Waals surface area contributed by atoms with Crippen molar-refractivity contribution in [3.8, 4) is 0 Å². The van der Waals surface area contributed by atoms with Crippen LogP contribution in [0.3, 0.4) is 0 Å². The molecule has 136 valence electrons. The summed E-state index contributed by atoms with van der Waals surface area (Å²) in [7, 11) is 0. The Morgan fingerprint density at radius 1 is 1.20 bits per heavy atom. The molecular weight excluding hydrogens is 324 g/mol. The molecule has 2 bridgehead atoms. The highest BCUT2D eigenvalue weighted by molar-refractivity contribution is 5.98. The summed E-state index contributed by atoms with van der Waals surface area (Å²) in [5.74, 6) is -2.93. The number of esters is 1. The first-order chi connectivity index (χ1) is 11.6. The van der Waals surface area contributed by atoms with Gasteiger partial charge in [-0.1, -0.05) is 26.3 Å². The van der Waals surface area contributed by atoms with Gasteiger partial charge in [-0.25, -0.2) is 0 Å². The van der Waals surface area contributed by atoms with Crippen LogP contribution in [0.4, 0.5) is 0 Å². The molecule has 25 heavy (non-hydrogen) atoms. The average molecular weight is 348 g/mol. The van der Waals surface area contributed by atoms with Gasteiger partial charge in [-0.05, 0) is 18.9 Å². The van der Waals surface area contributed by atoms with Crippen molar-refractivity contribution in [2.45, 2.75) is 52.4 Å². The first-order valence-electron chi connectivity index (χ1n) is 8.88. The van der Waals surface area contributed by atoms with Crippen LogP contribution in [0.2, 0.25) is 0 Å². The molecule has 4 rings (SSSR count). The number of hydrogen-bond donors (Lipinski definition) is 2. The van der Waals surface area contributed by atoms with Gasteiger partial charge in [-0.3, -0.25) is 14.4 Å². The van der Waals surface area contributed by atoms with E-state index in [1.54, 1.807) is 20.8 Å². The van der Waals surface area contributed by atoms with Crippen LogP contribution < -0.4 is 0 Å². The normalized spacial score (nSPS) is 54.6. The van der Waals surface area contributed by atoms with E-state index >= 15 is 0 Å². The van der Waals surface area contributed by atoms with E-state index < -0.39 is 52.7 Å². The topological polar surface area (TPSA) is 101 Å². The zero-order valence-corrected chi connectivity index (χ0v) is 14.9. The minimum absolute atomic E-state index is 0.0949. The molecule has 0 aromatic carbocycles. The zero-order valence-electron chi connectivity index (χ0n) is 14.9. The predicted octanol–water partition coefficient (Wildman–Crippen LogP) is 0.646. The SMILES string of the molecule is CC1=CC(=O)[C@@H](O)[C@@]2(C)[C@@H]1CC(=O)[C@]1(C)[C@H]2[C@@H](O)[C@@H]2OC(=O)[C@H]1[C@H]2C. The van der Waals surface area contributed by atoms with Crippen LogP contribution in [-0.4, -0.2) is 46.1 Å². The van der Waals surface area contributed by atoms with E-state index in [0.29, 0.717) is 0 Å². The highest BCUT2D eigenvalue weighted by atomic mass is 16.6. The highest BCUT2D eigenvalue weighted by Crippen LogP contribution is 2.66. The number of aliphatic hydroxyl groups excluding tert-OH is 2. The molecule has 0 aromatic rings. The largest absolute Gasteiger partial charge is 0.459 e. The lowest BCUT2D eigenvalue weighted by molar-refractivity contribution is -0.208. The molecular formula is C19H24O6. The third-order valence-corrected chi connectivity index (χ3v) is 7.71. The fourth-order valence-corrected chi connectivity index (χ4v) is 6.55. The monoisotopic (exact) mass is 348 g/mol. The minimum atomic E-state index is -1.31. The number of rotatable bonds is 0. The Kier molecular flexibility index (Phi) is 3.24. The van der Waals surface area contributed by atoms with Gasteiger partial charge in [0.2, 0.25) is 0 Å². The summed E-state index contributed by atoms with van der Waals surface area (Å²) < 4.78 is 5.41. The third kappa shape index (κ3) is 1.70. The lowest BCUT2D eigenvalue weighted by Gasteiger charge is -2.62. The second-order valence-corrected chi connectivity index (χ2v) is 8.73. The van der Waals surface area contributed by atoms with E-state index in [1.807, 2.05) is 6.92 Å². The maximum atomic E-state index is 13.2. The molecule has 1 aliphatic heterocycles. The van der Waals surface area contributed by atoms with Crippen LogP contribution in [-0.2, 0) is 19.1 Å². The number of fused-ring (bicyclic) bond motifs is 6. The van der Waals surface area contributed by atoms with Crippen LogP contribution >= 0.6 is 0 Å². The average Bonchev–Trinajstić information content (AvgIpc) is 2.78. The van der Waals surface area contributed by atoms with Crippen LogP contribution in [0.25, 0.3) is 0 Å². The fraction of sp³-hybridized carbons (Fsp3) is 0.737. The maximum Gasteiger partial charge on any atom is 0.310 e. The Morgan fingerprint density at radius 3 is 2.48 bits per heavy atom. The van der Waals surface area contributed by atoms with E-state index in [0.717, 1.165) is 5.57 Å². The van der Waals surface area contributed by atoms with Gasteiger partial charge in [-0.15, -0.1) is 0 Å². The molecule has 0 radical (unpaired) electrons. The summed E-state index contributed by atoms with van der Waals surface area (Å²) in [6.07, 6.45) is -1.54. The molecule has 3 fully saturated rings. The second kappa shape index (κ2) is 4.80. The van der Waals surface area contributed by atoms with Crippen molar-refractivity contribution >= 4 is 17.5 Å².